The lowest BCUT2D eigenvalue weighted by Crippen LogP contribution is -2.26. The van der Waals surface area contributed by atoms with Crippen LogP contribution in [-0.2, 0) is 0 Å². The van der Waals surface area contributed by atoms with E-state index in [4.69, 9.17) is 0 Å². The zero-order valence-electron chi connectivity index (χ0n) is 7.05. The second-order valence-corrected chi connectivity index (χ2v) is 3.29. The molecule has 0 unspecified atom stereocenters. The molecule has 0 aromatic heterocycles. The molecular weight excluding hydrogens is 124 g/mol. The van der Waals surface area contributed by atoms with Crippen molar-refractivity contribution in [1.82, 2.24) is 4.90 Å². The standard InChI is InChI=1S/C8H14N2/c1-7-5-8(2,3)9-6-10(7)4/h5-6H,1-4H3. The van der Waals surface area contributed by atoms with Gasteiger partial charge in [-0.25, -0.2) is 0 Å². The van der Waals surface area contributed by atoms with Crippen molar-refractivity contribution in [1.29, 1.82) is 0 Å². The third kappa shape index (κ3) is 1.38. The first-order valence-electron chi connectivity index (χ1n) is 3.49. The quantitative estimate of drug-likeness (QED) is 0.497. The molecule has 0 aromatic rings. The van der Waals surface area contributed by atoms with E-state index in [0.717, 1.165) is 0 Å². The van der Waals surface area contributed by atoms with Crippen molar-refractivity contribution in [2.45, 2.75) is 26.3 Å². The molecule has 0 spiro atoms. The zero-order chi connectivity index (χ0) is 7.78. The largest absolute Gasteiger partial charge is 0.340 e. The van der Waals surface area contributed by atoms with E-state index in [0.29, 0.717) is 0 Å². The number of hydrogen-bond acceptors (Lipinski definition) is 2. The lowest BCUT2D eigenvalue weighted by Gasteiger charge is -2.26. The summed E-state index contributed by atoms with van der Waals surface area (Å²) in [6.07, 6.45) is 4.03. The fourth-order valence-corrected chi connectivity index (χ4v) is 0.977. The summed E-state index contributed by atoms with van der Waals surface area (Å²) in [6, 6.07) is 0. The van der Waals surface area contributed by atoms with E-state index in [1.807, 2.05) is 18.3 Å². The topological polar surface area (TPSA) is 15.6 Å². The molecule has 1 aliphatic rings. The maximum absolute atomic E-state index is 4.32. The van der Waals surface area contributed by atoms with Gasteiger partial charge in [0.15, 0.2) is 0 Å². The van der Waals surface area contributed by atoms with Crippen LogP contribution in [0.25, 0.3) is 0 Å². The van der Waals surface area contributed by atoms with Gasteiger partial charge < -0.3 is 4.90 Å². The minimum Gasteiger partial charge on any atom is -0.340 e. The van der Waals surface area contributed by atoms with Gasteiger partial charge in [-0.1, -0.05) is 0 Å². The van der Waals surface area contributed by atoms with Gasteiger partial charge in [-0.15, -0.1) is 0 Å². The summed E-state index contributed by atoms with van der Waals surface area (Å²) in [7, 11) is 2.00. The molecule has 0 atom stereocenters. The third-order valence-corrected chi connectivity index (χ3v) is 1.68. The fraction of sp³-hybridized carbons (Fsp3) is 0.625. The molecule has 2 nitrogen and oxygen atoms in total. The number of hydrogen-bond donors (Lipinski definition) is 0. The average Bonchev–Trinajstić information content (AvgIpc) is 1.79. The SMILES string of the molecule is CC1=CC(C)(C)N=CN1C. The predicted octanol–water partition coefficient (Wildman–Crippen LogP) is 1.64. The number of rotatable bonds is 0. The van der Waals surface area contributed by atoms with E-state index >= 15 is 0 Å². The Kier molecular flexibility index (Phi) is 1.55. The van der Waals surface area contributed by atoms with Crippen LogP contribution in [0.15, 0.2) is 16.8 Å². The molecule has 0 N–H and O–H groups in total. The second-order valence-electron chi connectivity index (χ2n) is 3.29. The minimum absolute atomic E-state index is 0.00338. The summed E-state index contributed by atoms with van der Waals surface area (Å²) in [5, 5.41) is 0. The van der Waals surface area contributed by atoms with Gasteiger partial charge in [0.2, 0.25) is 0 Å². The van der Waals surface area contributed by atoms with Crippen molar-refractivity contribution in [3.63, 3.8) is 0 Å². The van der Waals surface area contributed by atoms with E-state index in [1.54, 1.807) is 0 Å². The Balaban J connectivity index is 2.85. The maximum atomic E-state index is 4.32. The Morgan fingerprint density at radius 3 is 2.50 bits per heavy atom. The van der Waals surface area contributed by atoms with Crippen LogP contribution in [0, 0.1) is 0 Å². The highest BCUT2D eigenvalue weighted by atomic mass is 15.2. The Morgan fingerprint density at radius 1 is 1.50 bits per heavy atom. The third-order valence-electron chi connectivity index (χ3n) is 1.68. The van der Waals surface area contributed by atoms with Crippen molar-refractivity contribution in [2.24, 2.45) is 4.99 Å². The molecular formula is C8H14N2. The van der Waals surface area contributed by atoms with Crippen LogP contribution in [0.3, 0.4) is 0 Å². The summed E-state index contributed by atoms with van der Waals surface area (Å²) in [6.45, 7) is 6.28. The molecule has 0 saturated carbocycles. The zero-order valence-corrected chi connectivity index (χ0v) is 7.05. The highest BCUT2D eigenvalue weighted by molar-refractivity contribution is 5.60. The van der Waals surface area contributed by atoms with Crippen LogP contribution in [0.2, 0.25) is 0 Å². The Bertz CT molecular complexity index is 189. The summed E-state index contributed by atoms with van der Waals surface area (Å²) >= 11 is 0. The van der Waals surface area contributed by atoms with E-state index in [9.17, 15) is 0 Å². The molecule has 0 fully saturated rings. The van der Waals surface area contributed by atoms with E-state index in [-0.39, 0.29) is 5.54 Å². The lowest BCUT2D eigenvalue weighted by atomic mass is 10.0. The second kappa shape index (κ2) is 2.11. The van der Waals surface area contributed by atoms with Gasteiger partial charge in [0, 0.05) is 12.7 Å². The molecule has 0 bridgehead atoms. The van der Waals surface area contributed by atoms with E-state index in [1.165, 1.54) is 5.70 Å². The molecule has 0 aromatic carbocycles. The molecule has 1 rings (SSSR count). The van der Waals surface area contributed by atoms with Crippen molar-refractivity contribution in [3.05, 3.63) is 11.8 Å². The first kappa shape index (κ1) is 7.32. The maximum Gasteiger partial charge on any atom is 0.0899 e. The normalized spacial score (nSPS) is 22.8. The van der Waals surface area contributed by atoms with Gasteiger partial charge in [0.1, 0.15) is 0 Å². The Morgan fingerprint density at radius 2 is 2.10 bits per heavy atom. The highest BCUT2D eigenvalue weighted by Crippen LogP contribution is 2.17. The molecule has 1 heterocycles. The van der Waals surface area contributed by atoms with Crippen molar-refractivity contribution in [3.8, 4) is 0 Å². The van der Waals surface area contributed by atoms with E-state index in [2.05, 4.69) is 31.8 Å². The van der Waals surface area contributed by atoms with Crippen LogP contribution in [0.1, 0.15) is 20.8 Å². The summed E-state index contributed by atoms with van der Waals surface area (Å²) < 4.78 is 0. The Labute approximate surface area is 62.3 Å². The molecule has 0 radical (unpaired) electrons. The molecule has 2 heteroatoms. The smallest absolute Gasteiger partial charge is 0.0899 e. The molecule has 0 aliphatic carbocycles. The first-order chi connectivity index (χ1) is 4.51. The van der Waals surface area contributed by atoms with E-state index < -0.39 is 0 Å². The van der Waals surface area contributed by atoms with Crippen LogP contribution in [0.4, 0.5) is 0 Å². The highest BCUT2D eigenvalue weighted by Gasteiger charge is 2.16. The van der Waals surface area contributed by atoms with Gasteiger partial charge in [-0.3, -0.25) is 4.99 Å². The van der Waals surface area contributed by atoms with Gasteiger partial charge in [-0.2, -0.15) is 0 Å². The summed E-state index contributed by atoms with van der Waals surface area (Å²) in [4.78, 5) is 6.34. The van der Waals surface area contributed by atoms with Crippen molar-refractivity contribution in [2.75, 3.05) is 7.05 Å². The summed E-state index contributed by atoms with van der Waals surface area (Å²) in [5.74, 6) is 0. The van der Waals surface area contributed by atoms with Crippen LogP contribution in [0.5, 0.6) is 0 Å². The molecule has 0 saturated heterocycles. The van der Waals surface area contributed by atoms with Gasteiger partial charge in [0.05, 0.1) is 11.9 Å². The fourth-order valence-electron chi connectivity index (χ4n) is 0.977. The molecule has 56 valence electrons. The number of allylic oxidation sites excluding steroid dienone is 1. The lowest BCUT2D eigenvalue weighted by molar-refractivity contribution is 0.549. The molecule has 0 amide bonds. The molecule has 1 aliphatic heterocycles. The van der Waals surface area contributed by atoms with Crippen molar-refractivity contribution < 1.29 is 0 Å². The van der Waals surface area contributed by atoms with Gasteiger partial charge in [0.25, 0.3) is 0 Å². The average molecular weight is 138 g/mol. The first-order valence-corrected chi connectivity index (χ1v) is 3.49. The monoisotopic (exact) mass is 138 g/mol. The molecule has 10 heavy (non-hydrogen) atoms. The van der Waals surface area contributed by atoms with Crippen LogP contribution in [-0.4, -0.2) is 23.8 Å². The van der Waals surface area contributed by atoms with Crippen LogP contribution < -0.4 is 0 Å². The minimum atomic E-state index is -0.00338. The van der Waals surface area contributed by atoms with Gasteiger partial charge >= 0.3 is 0 Å². The van der Waals surface area contributed by atoms with Crippen LogP contribution >= 0.6 is 0 Å². The van der Waals surface area contributed by atoms with Gasteiger partial charge in [-0.05, 0) is 26.8 Å². The summed E-state index contributed by atoms with van der Waals surface area (Å²) in [5.41, 5.74) is 1.26. The van der Waals surface area contributed by atoms with Crippen molar-refractivity contribution >= 4 is 6.34 Å². The number of aliphatic imine (C=N–C) groups is 1. The Hall–Kier alpha value is -0.790. The predicted molar refractivity (Wildman–Crippen MR) is 44.1 cm³/mol. The number of nitrogens with zero attached hydrogens (tertiary/aromatic N) is 2.